The molecule has 0 aliphatic rings. The van der Waals surface area contributed by atoms with E-state index in [1.807, 2.05) is 60.7 Å². The second-order valence-electron chi connectivity index (χ2n) is 6.28. The Morgan fingerprint density at radius 2 is 1.42 bits per heavy atom. The molecule has 0 unspecified atom stereocenters. The Balaban J connectivity index is 0.000000491. The van der Waals surface area contributed by atoms with E-state index in [-0.39, 0.29) is 0 Å². The Hall–Kier alpha value is -2.48. The van der Waals surface area contributed by atoms with Gasteiger partial charge in [-0.25, -0.2) is 4.99 Å². The average Bonchev–Trinajstić information content (AvgIpc) is 2.70. The molecule has 0 aliphatic carbocycles. The summed E-state index contributed by atoms with van der Waals surface area (Å²) in [6.45, 7) is 0. The van der Waals surface area contributed by atoms with Gasteiger partial charge in [0.15, 0.2) is 0 Å². The van der Waals surface area contributed by atoms with Crippen LogP contribution in [0, 0.1) is 0 Å². The molecule has 0 fully saturated rings. The summed E-state index contributed by atoms with van der Waals surface area (Å²) in [6, 6.07) is 22.8. The predicted octanol–water partition coefficient (Wildman–Crippen LogP) is 6.67. The normalized spacial score (nSPS) is 11.9. The summed E-state index contributed by atoms with van der Waals surface area (Å²) < 4.78 is 45.1. The summed E-state index contributed by atoms with van der Waals surface area (Å²) in [5.41, 5.74) is 2.55. The van der Waals surface area contributed by atoms with Crippen molar-refractivity contribution in [2.75, 3.05) is 0 Å². The van der Waals surface area contributed by atoms with Gasteiger partial charge in [0.25, 0.3) is 0 Å². The highest BCUT2D eigenvalue weighted by atomic mass is 35.5. The molecule has 1 aromatic heterocycles. The van der Waals surface area contributed by atoms with Crippen molar-refractivity contribution >= 4 is 58.7 Å². The van der Waals surface area contributed by atoms with E-state index in [0.29, 0.717) is 15.1 Å². The van der Waals surface area contributed by atoms with E-state index in [0.717, 1.165) is 33.3 Å². The average molecular weight is 489 g/mol. The summed E-state index contributed by atoms with van der Waals surface area (Å²) >= 11 is 18.3. The first-order valence-corrected chi connectivity index (χ1v) is 9.95. The molecule has 160 valence electrons. The third-order valence-electron chi connectivity index (χ3n) is 3.98. The fourth-order valence-electron chi connectivity index (χ4n) is 2.74. The maximum atomic E-state index is 9.75. The quantitative estimate of drug-likeness (QED) is 0.248. The van der Waals surface area contributed by atoms with Crippen LogP contribution in [-0.2, 0) is 0 Å². The molecule has 2 nitrogen and oxygen atoms in total. The van der Waals surface area contributed by atoms with Gasteiger partial charge in [0.2, 0.25) is 11.0 Å². The van der Waals surface area contributed by atoms with Crippen LogP contribution in [0.15, 0.2) is 77.2 Å². The molecule has 10 heteroatoms. The molecule has 31 heavy (non-hydrogen) atoms. The molecule has 0 bridgehead atoms. The predicted molar refractivity (Wildman–Crippen MR) is 117 cm³/mol. The monoisotopic (exact) mass is 487 g/mol. The van der Waals surface area contributed by atoms with E-state index in [1.54, 1.807) is 12.1 Å². The van der Waals surface area contributed by atoms with E-state index < -0.39 is 7.25 Å². The van der Waals surface area contributed by atoms with Crippen molar-refractivity contribution < 1.29 is 26.7 Å². The van der Waals surface area contributed by atoms with Crippen molar-refractivity contribution in [3.8, 4) is 11.3 Å². The first kappa shape index (κ1) is 23.2. The minimum Gasteiger partial charge on any atom is -0.456 e. The molecule has 0 amide bonds. The van der Waals surface area contributed by atoms with E-state index in [4.69, 9.17) is 39.2 Å². The fraction of sp³-hybridized carbons (Fsp3) is 0. The van der Waals surface area contributed by atoms with E-state index in [2.05, 4.69) is 4.99 Å². The molecule has 0 radical (unpaired) electrons. The van der Waals surface area contributed by atoms with Crippen molar-refractivity contribution in [3.05, 3.63) is 93.2 Å². The summed E-state index contributed by atoms with van der Waals surface area (Å²) in [4.78, 5) is 3.39. The molecule has 4 rings (SSSR count). The Bertz CT molecular complexity index is 1270. The number of halogens is 7. The zero-order valence-electron chi connectivity index (χ0n) is 15.6. The SMILES string of the molecule is Clc1ccc2oc(-c3ccccc3)cc(=[NH+]c3ccc(Cl)c(Cl)c3)c2c1.F[B-](F)(F)F. The third-order valence-corrected chi connectivity index (χ3v) is 4.96. The molecular weight excluding hydrogens is 475 g/mol. The molecule has 0 atom stereocenters. The van der Waals surface area contributed by atoms with Gasteiger partial charge in [0, 0.05) is 22.7 Å². The first-order chi connectivity index (χ1) is 14.6. The number of hydrogen-bond donors (Lipinski definition) is 1. The van der Waals surface area contributed by atoms with Gasteiger partial charge in [-0.2, -0.15) is 0 Å². The van der Waals surface area contributed by atoms with E-state index in [1.165, 1.54) is 0 Å². The largest absolute Gasteiger partial charge is 0.673 e. The van der Waals surface area contributed by atoms with Gasteiger partial charge in [-0.05, 0) is 24.3 Å². The zero-order chi connectivity index (χ0) is 22.6. The first-order valence-electron chi connectivity index (χ1n) is 8.81. The summed E-state index contributed by atoms with van der Waals surface area (Å²) in [7, 11) is -6.00. The lowest BCUT2D eigenvalue weighted by molar-refractivity contribution is -0.400. The van der Waals surface area contributed by atoms with Gasteiger partial charge >= 0.3 is 7.25 Å². The standard InChI is InChI=1S/C21H12Cl3NO.BF4/c22-14-6-9-20-16(10-14)19(25-15-7-8-17(23)18(24)11-15)12-21(26-20)13-4-2-1-3-5-13;2-1(3,4)5/h1-12H;/q;-1/p+1. The summed E-state index contributed by atoms with van der Waals surface area (Å²) in [6.07, 6.45) is 0. The summed E-state index contributed by atoms with van der Waals surface area (Å²) in [5, 5.41) is 3.38. The van der Waals surface area contributed by atoms with E-state index in [9.17, 15) is 17.3 Å². The van der Waals surface area contributed by atoms with Crippen LogP contribution >= 0.6 is 34.8 Å². The maximum Gasteiger partial charge on any atom is 0.673 e. The van der Waals surface area contributed by atoms with Crippen LogP contribution in [0.4, 0.5) is 23.0 Å². The molecule has 0 aliphatic heterocycles. The molecule has 0 saturated carbocycles. The van der Waals surface area contributed by atoms with Crippen LogP contribution in [0.5, 0.6) is 0 Å². The van der Waals surface area contributed by atoms with Gasteiger partial charge in [-0.15, -0.1) is 0 Å². The highest BCUT2D eigenvalue weighted by Gasteiger charge is 2.20. The molecule has 4 aromatic rings. The number of rotatable bonds is 2. The topological polar surface area (TPSA) is 27.1 Å². The van der Waals surface area contributed by atoms with Crippen LogP contribution < -0.4 is 10.3 Å². The van der Waals surface area contributed by atoms with Gasteiger partial charge in [-0.3, -0.25) is 0 Å². The molecule has 1 heterocycles. The Morgan fingerprint density at radius 3 is 2.06 bits per heavy atom. The van der Waals surface area contributed by atoms with Crippen molar-refractivity contribution in [1.29, 1.82) is 0 Å². The molecule has 0 spiro atoms. The van der Waals surface area contributed by atoms with Crippen molar-refractivity contribution in [2.45, 2.75) is 0 Å². The minimum atomic E-state index is -6.00. The van der Waals surface area contributed by atoms with Gasteiger partial charge in [0.05, 0.1) is 21.5 Å². The van der Waals surface area contributed by atoms with Crippen molar-refractivity contribution in [1.82, 2.24) is 0 Å². The Labute approximate surface area is 189 Å². The van der Waals surface area contributed by atoms with Crippen molar-refractivity contribution in [3.63, 3.8) is 0 Å². The van der Waals surface area contributed by atoms with E-state index >= 15 is 0 Å². The van der Waals surface area contributed by atoms with Gasteiger partial charge in [0.1, 0.15) is 11.3 Å². The smallest absolute Gasteiger partial charge is 0.456 e. The lowest BCUT2D eigenvalue weighted by atomic mass is 10.1. The zero-order valence-corrected chi connectivity index (χ0v) is 17.8. The van der Waals surface area contributed by atoms with Gasteiger partial charge < -0.3 is 21.7 Å². The Kier molecular flexibility index (Phi) is 7.31. The highest BCUT2D eigenvalue weighted by Crippen LogP contribution is 2.24. The Morgan fingerprint density at radius 1 is 0.742 bits per heavy atom. The van der Waals surface area contributed by atoms with Crippen LogP contribution in [0.2, 0.25) is 15.1 Å². The molecule has 3 aromatic carbocycles. The maximum absolute atomic E-state index is 9.75. The number of nitrogens with one attached hydrogen (secondary N) is 1. The van der Waals surface area contributed by atoms with Crippen molar-refractivity contribution in [2.24, 2.45) is 0 Å². The van der Waals surface area contributed by atoms with Crippen LogP contribution in [0.25, 0.3) is 22.3 Å². The minimum absolute atomic E-state index is 0.489. The lowest BCUT2D eigenvalue weighted by Gasteiger charge is -2.03. The molecular formula is C21H13BCl3F4NO. The highest BCUT2D eigenvalue weighted by molar-refractivity contribution is 6.50. The second-order valence-corrected chi connectivity index (χ2v) is 7.53. The van der Waals surface area contributed by atoms with Gasteiger partial charge in [-0.1, -0.05) is 65.1 Å². The molecule has 1 N–H and O–H groups in total. The third kappa shape index (κ3) is 6.75. The number of hydrogen-bond acceptors (Lipinski definition) is 1. The lowest BCUT2D eigenvalue weighted by Crippen LogP contribution is -2.70. The van der Waals surface area contributed by atoms with Crippen LogP contribution in [0.3, 0.4) is 0 Å². The summed E-state index contributed by atoms with van der Waals surface area (Å²) in [5.74, 6) is 0.753. The fourth-order valence-corrected chi connectivity index (χ4v) is 3.21. The van der Waals surface area contributed by atoms with Crippen LogP contribution in [-0.4, -0.2) is 7.25 Å². The second kappa shape index (κ2) is 9.77. The number of benzene rings is 3. The van der Waals surface area contributed by atoms with Crippen LogP contribution in [0.1, 0.15) is 0 Å². The molecule has 0 saturated heterocycles. The number of fused-ring (bicyclic) bond motifs is 1.